The van der Waals surface area contributed by atoms with Gasteiger partial charge in [0.2, 0.25) is 11.8 Å². The minimum Gasteiger partial charge on any atom is -0.385 e. The van der Waals surface area contributed by atoms with Crippen molar-refractivity contribution >= 4 is 46.6 Å². The number of pyridine rings is 1. The molecule has 3 aromatic heterocycles. The fraction of sp³-hybridized carbons (Fsp3) is 0.289. The third-order valence-corrected chi connectivity index (χ3v) is 10.4. The minimum absolute atomic E-state index is 0.0488. The van der Waals surface area contributed by atoms with Crippen molar-refractivity contribution in [2.24, 2.45) is 5.92 Å². The molecule has 0 saturated carbocycles. The number of carbonyl (C=O) groups excluding carboxylic acids is 4. The number of aromatic nitrogens is 4. The number of carbonyl (C=O) groups is 4. The van der Waals surface area contributed by atoms with E-state index in [2.05, 4.69) is 25.4 Å². The number of anilines is 3. The molecule has 4 amide bonds. The van der Waals surface area contributed by atoms with E-state index in [1.807, 2.05) is 40.9 Å². The van der Waals surface area contributed by atoms with Crippen LogP contribution in [-0.4, -0.2) is 80.3 Å². The maximum atomic E-state index is 14.0. The van der Waals surface area contributed by atoms with E-state index >= 15 is 0 Å². The highest BCUT2D eigenvalue weighted by atomic mass is 19.1. The number of benzene rings is 2. The summed E-state index contributed by atoms with van der Waals surface area (Å²) < 4.78 is 15.9. The summed E-state index contributed by atoms with van der Waals surface area (Å²) in [7, 11) is 0. The van der Waals surface area contributed by atoms with Crippen LogP contribution in [0.1, 0.15) is 58.0 Å². The fourth-order valence-electron chi connectivity index (χ4n) is 7.76. The summed E-state index contributed by atoms with van der Waals surface area (Å²) in [5, 5.41) is 10.6. The molecule has 3 fully saturated rings. The van der Waals surface area contributed by atoms with Crippen molar-refractivity contribution in [3.8, 4) is 11.4 Å². The predicted octanol–water partition coefficient (Wildman–Crippen LogP) is 4.22. The zero-order valence-electron chi connectivity index (χ0n) is 28.0. The van der Waals surface area contributed by atoms with Crippen LogP contribution < -0.4 is 20.4 Å². The van der Waals surface area contributed by atoms with Gasteiger partial charge in [0.15, 0.2) is 5.65 Å². The van der Waals surface area contributed by atoms with E-state index in [1.165, 1.54) is 6.07 Å². The molecule has 3 saturated heterocycles. The molecule has 13 nitrogen and oxygen atoms in total. The summed E-state index contributed by atoms with van der Waals surface area (Å²) in [6.45, 7) is 3.04. The molecule has 2 aromatic carbocycles. The zero-order chi connectivity index (χ0) is 35.5. The number of fused-ring (bicyclic) bond motifs is 2. The lowest BCUT2D eigenvalue weighted by Gasteiger charge is -2.40. The monoisotopic (exact) mass is 699 g/mol. The topological polar surface area (TPSA) is 145 Å². The Hall–Kier alpha value is -6.18. The van der Waals surface area contributed by atoms with Crippen LogP contribution in [0.2, 0.25) is 0 Å². The fourth-order valence-corrected chi connectivity index (χ4v) is 7.76. The molecule has 4 aliphatic heterocycles. The van der Waals surface area contributed by atoms with Crippen LogP contribution in [0.5, 0.6) is 0 Å². The van der Waals surface area contributed by atoms with Crippen LogP contribution in [0.25, 0.3) is 17.0 Å². The lowest BCUT2D eigenvalue weighted by molar-refractivity contribution is -0.136. The second kappa shape index (κ2) is 12.5. The largest absolute Gasteiger partial charge is 0.385 e. The zero-order valence-corrected chi connectivity index (χ0v) is 28.0. The lowest BCUT2D eigenvalue weighted by atomic mass is 9.99. The van der Waals surface area contributed by atoms with E-state index < -0.39 is 29.7 Å². The highest BCUT2D eigenvalue weighted by Gasteiger charge is 2.44. The van der Waals surface area contributed by atoms with Crippen molar-refractivity contribution in [3.63, 3.8) is 0 Å². The number of hydrogen-bond donors (Lipinski definition) is 2. The van der Waals surface area contributed by atoms with Crippen LogP contribution in [0.15, 0.2) is 79.0 Å². The number of nitrogens with one attached hydrogen (secondary N) is 2. The standard InChI is InChI=1S/C38H34FN9O4/c39-24-5-1-4-23(16-24)29-7-3-15-46(29)34-13-12-32-41-19-31(48(32)44-34)28-6-2-8-33(42-28)45-20-22(21-45)18-40-25-9-10-26-27(17-25)38(52)47(37(26)51)30-11-14-35(49)43-36(30)50/h1-2,4-6,8-10,12-13,16-17,19,22,29-30,40H,3,7,11,14-15,18,20-21H2,(H,43,49,50)/t29-,30?/m1/s1. The molecule has 0 radical (unpaired) electrons. The molecule has 4 aliphatic rings. The third kappa shape index (κ3) is 5.50. The van der Waals surface area contributed by atoms with Gasteiger partial charge < -0.3 is 15.1 Å². The molecule has 14 heteroatoms. The van der Waals surface area contributed by atoms with Crippen LogP contribution in [0.3, 0.4) is 0 Å². The number of imidazole rings is 1. The first-order chi connectivity index (χ1) is 25.3. The highest BCUT2D eigenvalue weighted by Crippen LogP contribution is 2.36. The maximum absolute atomic E-state index is 14.0. The summed E-state index contributed by atoms with van der Waals surface area (Å²) in [4.78, 5) is 65.2. The second-order valence-electron chi connectivity index (χ2n) is 13.8. The molecule has 262 valence electrons. The van der Waals surface area contributed by atoms with Gasteiger partial charge in [-0.2, -0.15) is 0 Å². The Balaban J connectivity index is 0.853. The number of rotatable bonds is 8. The smallest absolute Gasteiger partial charge is 0.262 e. The highest BCUT2D eigenvalue weighted by molar-refractivity contribution is 6.23. The Labute approximate surface area is 297 Å². The molecule has 52 heavy (non-hydrogen) atoms. The van der Waals surface area contributed by atoms with E-state index in [9.17, 15) is 23.6 Å². The molecule has 0 spiro atoms. The van der Waals surface area contributed by atoms with Gasteiger partial charge in [0.1, 0.15) is 29.2 Å². The number of imide groups is 2. The van der Waals surface area contributed by atoms with Gasteiger partial charge in [-0.3, -0.25) is 29.4 Å². The molecule has 0 aliphatic carbocycles. The number of piperidine rings is 1. The molecule has 1 unspecified atom stereocenters. The summed E-state index contributed by atoms with van der Waals surface area (Å²) in [5.41, 5.74) is 4.39. The Bertz CT molecular complexity index is 2290. The van der Waals surface area contributed by atoms with Crippen molar-refractivity contribution < 1.29 is 23.6 Å². The van der Waals surface area contributed by atoms with E-state index in [0.29, 0.717) is 23.8 Å². The second-order valence-corrected chi connectivity index (χ2v) is 13.8. The Morgan fingerprint density at radius 3 is 2.56 bits per heavy atom. The van der Waals surface area contributed by atoms with Crippen LogP contribution in [-0.2, 0) is 9.59 Å². The van der Waals surface area contributed by atoms with Crippen molar-refractivity contribution in [2.75, 3.05) is 41.3 Å². The van der Waals surface area contributed by atoms with E-state index in [1.54, 1.807) is 36.5 Å². The van der Waals surface area contributed by atoms with E-state index in [4.69, 9.17) is 10.1 Å². The molecule has 2 N–H and O–H groups in total. The summed E-state index contributed by atoms with van der Waals surface area (Å²) in [6, 6.07) is 20.7. The summed E-state index contributed by atoms with van der Waals surface area (Å²) >= 11 is 0. The Morgan fingerprint density at radius 1 is 0.865 bits per heavy atom. The van der Waals surface area contributed by atoms with Crippen molar-refractivity contribution in [1.82, 2.24) is 29.8 Å². The number of halogens is 1. The van der Waals surface area contributed by atoms with Crippen molar-refractivity contribution in [1.29, 1.82) is 0 Å². The van der Waals surface area contributed by atoms with Gasteiger partial charge >= 0.3 is 0 Å². The van der Waals surface area contributed by atoms with Gasteiger partial charge in [-0.1, -0.05) is 18.2 Å². The van der Waals surface area contributed by atoms with Crippen molar-refractivity contribution in [2.45, 2.75) is 37.8 Å². The SMILES string of the molecule is O=C1CCC(N2C(=O)c3ccc(NCC4CN(c5cccc(-c6cnc7ccc(N8CCC[C@@H]8c8cccc(F)c8)nn67)n5)C4)cc3C2=O)C(=O)N1. The molecule has 5 aromatic rings. The number of amides is 4. The van der Waals surface area contributed by atoms with Gasteiger partial charge in [-0.05, 0) is 79.4 Å². The van der Waals surface area contributed by atoms with Gasteiger partial charge in [0.05, 0.1) is 29.1 Å². The normalized spacial score (nSPS) is 20.4. The first-order valence-electron chi connectivity index (χ1n) is 17.5. The summed E-state index contributed by atoms with van der Waals surface area (Å²) in [6.07, 6.45) is 3.90. The van der Waals surface area contributed by atoms with Gasteiger partial charge in [0.25, 0.3) is 11.8 Å². The first kappa shape index (κ1) is 31.8. The Kier molecular flexibility index (Phi) is 7.67. The van der Waals surface area contributed by atoms with Crippen molar-refractivity contribution in [3.05, 3.63) is 102 Å². The van der Waals surface area contributed by atoms with Gasteiger partial charge in [-0.25, -0.2) is 18.9 Å². The average molecular weight is 700 g/mol. The first-order valence-corrected chi connectivity index (χ1v) is 17.5. The molecular formula is C38H34FN9O4. The average Bonchev–Trinajstić information content (AvgIpc) is 3.85. The quantitative estimate of drug-likeness (QED) is 0.226. The molecule has 7 heterocycles. The molecule has 0 bridgehead atoms. The van der Waals surface area contributed by atoms with E-state index in [0.717, 1.165) is 66.0 Å². The van der Waals surface area contributed by atoms with E-state index in [-0.39, 0.29) is 35.8 Å². The number of nitrogens with zero attached hydrogens (tertiary/aromatic N) is 7. The van der Waals surface area contributed by atoms with Gasteiger partial charge in [-0.15, -0.1) is 5.10 Å². The molecule has 2 atom stereocenters. The lowest BCUT2D eigenvalue weighted by Crippen LogP contribution is -2.54. The predicted molar refractivity (Wildman–Crippen MR) is 189 cm³/mol. The van der Waals surface area contributed by atoms with Crippen LogP contribution in [0.4, 0.5) is 21.7 Å². The third-order valence-electron chi connectivity index (χ3n) is 10.4. The molecular weight excluding hydrogens is 665 g/mol. The van der Waals surface area contributed by atoms with Crippen LogP contribution >= 0.6 is 0 Å². The number of hydrogen-bond acceptors (Lipinski definition) is 10. The Morgan fingerprint density at radius 2 is 1.71 bits per heavy atom. The maximum Gasteiger partial charge on any atom is 0.262 e. The summed E-state index contributed by atoms with van der Waals surface area (Å²) in [5.74, 6) is -0.346. The molecule has 9 rings (SSSR count). The van der Waals surface area contributed by atoms with Gasteiger partial charge in [0, 0.05) is 44.2 Å². The van der Waals surface area contributed by atoms with Crippen LogP contribution in [0, 0.1) is 11.7 Å². The minimum atomic E-state index is -0.994.